The second kappa shape index (κ2) is 7.65. The van der Waals surface area contributed by atoms with Gasteiger partial charge in [0.25, 0.3) is 5.91 Å². The topological polar surface area (TPSA) is 92.9 Å². The van der Waals surface area contributed by atoms with Crippen LogP contribution in [0.2, 0.25) is 5.02 Å². The van der Waals surface area contributed by atoms with Gasteiger partial charge in [-0.15, -0.1) is 0 Å². The number of phenols is 1. The van der Waals surface area contributed by atoms with E-state index < -0.39 is 16.4 Å². The third-order valence-corrected chi connectivity index (χ3v) is 3.60. The largest absolute Gasteiger partial charge is 0.502 e. The first-order valence-electron chi connectivity index (χ1n) is 7.00. The van der Waals surface area contributed by atoms with Gasteiger partial charge in [-0.1, -0.05) is 23.7 Å². The highest BCUT2D eigenvalue weighted by atomic mass is 35.5. The first kappa shape index (κ1) is 17.6. The number of rotatable bonds is 6. The third-order valence-electron chi connectivity index (χ3n) is 3.29. The number of benzene rings is 2. The molecule has 0 atom stereocenters. The van der Waals surface area contributed by atoms with Crippen LogP contribution in [0.1, 0.15) is 10.4 Å². The van der Waals surface area contributed by atoms with Gasteiger partial charge in [-0.25, -0.2) is 0 Å². The average molecular weight is 351 g/mol. The maximum absolute atomic E-state index is 12.3. The molecule has 0 heterocycles. The van der Waals surface area contributed by atoms with Gasteiger partial charge in [-0.05, 0) is 24.3 Å². The van der Waals surface area contributed by atoms with Crippen molar-refractivity contribution in [2.24, 2.45) is 0 Å². The summed E-state index contributed by atoms with van der Waals surface area (Å²) in [6.07, 6.45) is 0. The van der Waals surface area contributed by atoms with Crippen molar-refractivity contribution in [2.45, 2.75) is 0 Å². The Morgan fingerprint density at radius 3 is 2.67 bits per heavy atom. The number of likely N-dealkylation sites (N-methyl/N-ethyl adjacent to an activating group) is 1. The van der Waals surface area contributed by atoms with Crippen LogP contribution in [0, 0.1) is 10.1 Å². The van der Waals surface area contributed by atoms with Crippen molar-refractivity contribution in [3.8, 4) is 11.5 Å². The van der Waals surface area contributed by atoms with Crippen LogP contribution in [0.15, 0.2) is 42.5 Å². The lowest BCUT2D eigenvalue weighted by molar-refractivity contribution is -0.385. The molecule has 0 aliphatic rings. The molecule has 0 spiro atoms. The SMILES string of the molecule is CN(CCOc1ccccc1Cl)C(=O)c1ccc([N+](=O)[O-])c(O)c1. The molecule has 7 nitrogen and oxygen atoms in total. The number of hydrogen-bond acceptors (Lipinski definition) is 5. The molecular formula is C16H15ClN2O5. The molecule has 2 aromatic carbocycles. The molecule has 126 valence electrons. The molecule has 1 amide bonds. The van der Waals surface area contributed by atoms with Crippen LogP contribution in [0.25, 0.3) is 0 Å². The zero-order valence-electron chi connectivity index (χ0n) is 12.8. The molecule has 0 aromatic heterocycles. The summed E-state index contributed by atoms with van der Waals surface area (Å²) in [6, 6.07) is 10.5. The van der Waals surface area contributed by atoms with Crippen LogP contribution < -0.4 is 4.74 Å². The van der Waals surface area contributed by atoms with E-state index in [0.29, 0.717) is 10.8 Å². The van der Waals surface area contributed by atoms with Crippen molar-refractivity contribution in [1.82, 2.24) is 4.90 Å². The van der Waals surface area contributed by atoms with Crippen LogP contribution in [0.4, 0.5) is 5.69 Å². The van der Waals surface area contributed by atoms with Gasteiger partial charge in [-0.3, -0.25) is 14.9 Å². The van der Waals surface area contributed by atoms with Crippen molar-refractivity contribution >= 4 is 23.2 Å². The fourth-order valence-corrected chi connectivity index (χ4v) is 2.18. The van der Waals surface area contributed by atoms with Crippen LogP contribution in [0.3, 0.4) is 0 Å². The minimum absolute atomic E-state index is 0.151. The number of halogens is 1. The fraction of sp³-hybridized carbons (Fsp3) is 0.188. The van der Waals surface area contributed by atoms with E-state index in [1.54, 1.807) is 31.3 Å². The number of ether oxygens (including phenoxy) is 1. The van der Waals surface area contributed by atoms with Crippen LogP contribution in [-0.2, 0) is 0 Å². The Morgan fingerprint density at radius 1 is 1.33 bits per heavy atom. The zero-order valence-corrected chi connectivity index (χ0v) is 13.6. The first-order chi connectivity index (χ1) is 11.4. The maximum Gasteiger partial charge on any atom is 0.310 e. The molecule has 0 fully saturated rings. The Hall–Kier alpha value is -2.80. The van der Waals surface area contributed by atoms with Crippen LogP contribution >= 0.6 is 11.6 Å². The van der Waals surface area contributed by atoms with Crippen molar-refractivity contribution in [2.75, 3.05) is 20.2 Å². The van der Waals surface area contributed by atoms with E-state index in [-0.39, 0.29) is 24.6 Å². The van der Waals surface area contributed by atoms with Gasteiger partial charge in [0.05, 0.1) is 16.5 Å². The van der Waals surface area contributed by atoms with Gasteiger partial charge < -0.3 is 14.7 Å². The standard InChI is InChI=1S/C16H15ClN2O5/c1-18(8-9-24-15-5-3-2-4-12(15)17)16(21)11-6-7-13(19(22)23)14(20)10-11/h2-7,10,20H,8-9H2,1H3. The highest BCUT2D eigenvalue weighted by molar-refractivity contribution is 6.32. The van der Waals surface area contributed by atoms with Gasteiger partial charge >= 0.3 is 5.69 Å². The summed E-state index contributed by atoms with van der Waals surface area (Å²) in [4.78, 5) is 23.6. The predicted octanol–water partition coefficient (Wildman–Crippen LogP) is 3.10. The quantitative estimate of drug-likeness (QED) is 0.638. The van der Waals surface area contributed by atoms with Gasteiger partial charge in [-0.2, -0.15) is 0 Å². The number of carbonyl (C=O) groups excluding carboxylic acids is 1. The summed E-state index contributed by atoms with van der Waals surface area (Å²) >= 11 is 5.97. The number of aromatic hydroxyl groups is 1. The number of para-hydroxylation sites is 1. The zero-order chi connectivity index (χ0) is 17.7. The van der Waals surface area contributed by atoms with Crippen LogP contribution in [-0.4, -0.2) is 41.0 Å². The highest BCUT2D eigenvalue weighted by Gasteiger charge is 2.18. The van der Waals surface area contributed by atoms with E-state index in [9.17, 15) is 20.0 Å². The predicted molar refractivity (Wildman–Crippen MR) is 88.7 cm³/mol. The Labute approximate surface area is 143 Å². The molecule has 0 unspecified atom stereocenters. The molecule has 0 bridgehead atoms. The molecule has 1 N–H and O–H groups in total. The summed E-state index contributed by atoms with van der Waals surface area (Å²) in [5.41, 5.74) is -0.297. The number of phenolic OH excluding ortho intramolecular Hbond substituents is 1. The minimum atomic E-state index is -0.718. The van der Waals surface area contributed by atoms with E-state index in [2.05, 4.69) is 0 Å². The number of carbonyl (C=O) groups is 1. The van der Waals surface area contributed by atoms with Gasteiger partial charge in [0.2, 0.25) is 0 Å². The Bertz CT molecular complexity index is 766. The molecule has 0 aliphatic carbocycles. The van der Waals surface area contributed by atoms with Crippen molar-refractivity contribution < 1.29 is 19.6 Å². The fourth-order valence-electron chi connectivity index (χ4n) is 1.99. The molecule has 8 heteroatoms. The van der Waals surface area contributed by atoms with Crippen LogP contribution in [0.5, 0.6) is 11.5 Å². The number of nitro benzene ring substituents is 1. The van der Waals surface area contributed by atoms with E-state index in [1.807, 2.05) is 0 Å². The highest BCUT2D eigenvalue weighted by Crippen LogP contribution is 2.26. The average Bonchev–Trinajstić information content (AvgIpc) is 2.55. The second-order valence-corrected chi connectivity index (χ2v) is 5.37. The van der Waals surface area contributed by atoms with E-state index >= 15 is 0 Å². The summed E-state index contributed by atoms with van der Waals surface area (Å²) in [6.45, 7) is 0.507. The Morgan fingerprint density at radius 2 is 2.04 bits per heavy atom. The van der Waals surface area contributed by atoms with E-state index in [4.69, 9.17) is 16.3 Å². The lowest BCUT2D eigenvalue weighted by atomic mass is 10.1. The second-order valence-electron chi connectivity index (χ2n) is 4.97. The Balaban J connectivity index is 1.96. The molecule has 0 saturated carbocycles. The molecule has 0 radical (unpaired) electrons. The molecular weight excluding hydrogens is 336 g/mol. The lowest BCUT2D eigenvalue weighted by Crippen LogP contribution is -2.30. The van der Waals surface area contributed by atoms with Gasteiger partial charge in [0.1, 0.15) is 12.4 Å². The maximum atomic E-state index is 12.3. The summed E-state index contributed by atoms with van der Waals surface area (Å²) < 4.78 is 5.50. The minimum Gasteiger partial charge on any atom is -0.502 e. The van der Waals surface area contributed by atoms with Crippen molar-refractivity contribution in [3.63, 3.8) is 0 Å². The Kier molecular flexibility index (Phi) is 5.59. The molecule has 2 rings (SSSR count). The van der Waals surface area contributed by atoms with Gasteiger partial charge in [0.15, 0.2) is 5.75 Å². The normalized spacial score (nSPS) is 10.2. The molecule has 2 aromatic rings. The smallest absolute Gasteiger partial charge is 0.310 e. The summed E-state index contributed by atoms with van der Waals surface area (Å²) in [7, 11) is 1.57. The van der Waals surface area contributed by atoms with E-state index in [0.717, 1.165) is 12.1 Å². The number of hydrogen-bond donors (Lipinski definition) is 1. The van der Waals surface area contributed by atoms with E-state index in [1.165, 1.54) is 11.0 Å². The summed E-state index contributed by atoms with van der Waals surface area (Å²) in [5.74, 6) is -0.414. The van der Waals surface area contributed by atoms with Crippen molar-refractivity contribution in [3.05, 3.63) is 63.2 Å². The molecule has 24 heavy (non-hydrogen) atoms. The molecule has 0 saturated heterocycles. The lowest BCUT2D eigenvalue weighted by Gasteiger charge is -2.18. The summed E-state index contributed by atoms with van der Waals surface area (Å²) in [5, 5.41) is 20.7. The van der Waals surface area contributed by atoms with Crippen molar-refractivity contribution in [1.29, 1.82) is 0 Å². The number of nitrogens with zero attached hydrogens (tertiary/aromatic N) is 2. The van der Waals surface area contributed by atoms with Gasteiger partial charge in [0, 0.05) is 18.7 Å². The molecule has 0 aliphatic heterocycles. The number of amides is 1. The third kappa shape index (κ3) is 4.14. The monoisotopic (exact) mass is 350 g/mol. The first-order valence-corrected chi connectivity index (χ1v) is 7.38. The number of nitro groups is 1.